The molecular formula is C13H14Mg2N3O8P. The van der Waals surface area contributed by atoms with E-state index >= 15 is 0 Å². The van der Waals surface area contributed by atoms with Gasteiger partial charge in [0.1, 0.15) is 0 Å². The van der Waals surface area contributed by atoms with E-state index < -0.39 is 38.1 Å². The number of rotatable bonds is 9. The quantitative estimate of drug-likeness (QED) is 0.234. The molecule has 0 fully saturated rings. The fourth-order valence-electron chi connectivity index (χ4n) is 1.75. The predicted molar refractivity (Wildman–Crippen MR) is 87.1 cm³/mol. The van der Waals surface area contributed by atoms with Crippen LogP contribution >= 0.6 is 7.82 Å². The van der Waals surface area contributed by atoms with Crippen molar-refractivity contribution in [1.29, 1.82) is 0 Å². The van der Waals surface area contributed by atoms with Crippen molar-refractivity contribution >= 4 is 72.0 Å². The smallest absolute Gasteiger partial charge is 0.871 e. The van der Waals surface area contributed by atoms with Crippen LogP contribution in [0.5, 0.6) is 5.75 Å². The molecule has 0 bridgehead atoms. The first-order chi connectivity index (χ1) is 11.5. The summed E-state index contributed by atoms with van der Waals surface area (Å²) in [7, 11) is -5.28. The molecule has 0 aliphatic carbocycles. The molecule has 2 N–H and O–H groups in total. The normalized spacial score (nSPS) is 12.1. The maximum atomic E-state index is 12.1. The summed E-state index contributed by atoms with van der Waals surface area (Å²) in [5.41, 5.74) is 4.71. The molecule has 27 heavy (non-hydrogen) atoms. The summed E-state index contributed by atoms with van der Waals surface area (Å²) in [5.74, 6) is -2.97. The summed E-state index contributed by atoms with van der Waals surface area (Å²) >= 11 is 0. The average Bonchev–Trinajstić information content (AvgIpc) is 2.48. The van der Waals surface area contributed by atoms with Crippen molar-refractivity contribution in [2.75, 3.05) is 0 Å². The monoisotopic (exact) mass is 419 g/mol. The second kappa shape index (κ2) is 12.6. The van der Waals surface area contributed by atoms with Crippen LogP contribution in [0.3, 0.4) is 0 Å². The van der Waals surface area contributed by atoms with Crippen LogP contribution in [0.25, 0.3) is 0 Å². The van der Waals surface area contributed by atoms with E-state index in [1.54, 1.807) is 0 Å². The number of aromatic nitrogens is 1. The van der Waals surface area contributed by atoms with E-state index in [0.29, 0.717) is 0 Å². The van der Waals surface area contributed by atoms with E-state index in [0.717, 1.165) is 12.4 Å². The molecule has 138 valence electrons. The summed E-state index contributed by atoms with van der Waals surface area (Å²) in [6, 6.07) is -1.45. The Bertz CT molecular complexity index is 741. The van der Waals surface area contributed by atoms with Gasteiger partial charge in [0.05, 0.1) is 26.4 Å². The number of aliphatic carboxylic acids is 1. The number of hydrogen-bond acceptors (Lipinski definition) is 10. The molecule has 1 atom stereocenters. The molecule has 0 radical (unpaired) electrons. The van der Waals surface area contributed by atoms with Crippen molar-refractivity contribution in [2.24, 2.45) is 10.7 Å². The Kier molecular flexibility index (Phi) is 13.3. The van der Waals surface area contributed by atoms with Gasteiger partial charge in [-0.25, -0.2) is 0 Å². The average molecular weight is 420 g/mol. The fourth-order valence-corrected chi connectivity index (χ4v) is 2.04. The van der Waals surface area contributed by atoms with Gasteiger partial charge in [0.2, 0.25) is 5.91 Å². The number of carboxylic acid groups (broad SMARTS) is 1. The predicted octanol–water partition coefficient (Wildman–Crippen LogP) is -4.15. The van der Waals surface area contributed by atoms with Gasteiger partial charge in [-0.3, -0.25) is 14.8 Å². The van der Waals surface area contributed by atoms with Gasteiger partial charge in [-0.2, -0.15) is 0 Å². The second-order valence-corrected chi connectivity index (χ2v) is 6.10. The molecule has 0 aliphatic heterocycles. The number of aryl methyl sites for hydroxylation is 1. The molecule has 1 aromatic rings. The number of nitrogens with two attached hydrogens (primary N) is 1. The van der Waals surface area contributed by atoms with Crippen LogP contribution in [0.15, 0.2) is 11.2 Å². The standard InChI is InChI=1S/C13H18N3O8P.2Mg/c1-7-12(18)9(8(4-15-7)6-24-25(21,22)23)5-16-10(13(19)20)2-3-11(14)17;;/h4-5,10,18H,2-3,6H2,1H3,(H2,14,17)(H,19,20)(H2,21,22,23);;/q;2*+2/p-4/t10-;;/m0../s1. The molecule has 0 aliphatic rings. The number of amides is 1. The van der Waals surface area contributed by atoms with Gasteiger partial charge >= 0.3 is 46.1 Å². The zero-order chi connectivity index (χ0) is 19.2. The summed E-state index contributed by atoms with van der Waals surface area (Å²) in [5, 5.41) is 23.1. The molecule has 0 saturated carbocycles. The van der Waals surface area contributed by atoms with E-state index in [1.165, 1.54) is 6.92 Å². The third kappa shape index (κ3) is 10.4. The number of nitrogens with zero attached hydrogens (tertiary/aromatic N) is 2. The number of hydrogen-bond donors (Lipinski definition) is 1. The van der Waals surface area contributed by atoms with E-state index in [-0.39, 0.29) is 75.8 Å². The largest absolute Gasteiger partial charge is 2.00 e. The van der Waals surface area contributed by atoms with Gasteiger partial charge in [0.15, 0.2) is 0 Å². The van der Waals surface area contributed by atoms with Crippen LogP contribution in [0.4, 0.5) is 0 Å². The van der Waals surface area contributed by atoms with Gasteiger partial charge in [-0.05, 0) is 18.9 Å². The van der Waals surface area contributed by atoms with Crippen LogP contribution < -0.4 is 25.7 Å². The van der Waals surface area contributed by atoms with Crippen LogP contribution in [0.1, 0.15) is 29.7 Å². The molecule has 0 aromatic carbocycles. The van der Waals surface area contributed by atoms with Crippen molar-refractivity contribution in [2.45, 2.75) is 32.4 Å². The van der Waals surface area contributed by atoms with Crippen molar-refractivity contribution in [3.8, 4) is 5.75 Å². The Morgan fingerprint density at radius 3 is 2.48 bits per heavy atom. The SMILES string of the molecule is Cc1ncc(COP(=O)([O-])[O-])c(C=N[C@@H](CCC(N)=O)C(=O)[O-])c1[O-].[Mg+2].[Mg+2]. The van der Waals surface area contributed by atoms with Gasteiger partial charge in [0, 0.05) is 30.1 Å². The van der Waals surface area contributed by atoms with Crippen molar-refractivity contribution in [1.82, 2.24) is 4.98 Å². The number of aliphatic imine (C=N–C) groups is 1. The minimum Gasteiger partial charge on any atom is -0.871 e. The number of carbonyl (C=O) groups is 2. The first kappa shape index (κ1) is 28.4. The molecule has 14 heteroatoms. The van der Waals surface area contributed by atoms with Crippen LogP contribution in [-0.4, -0.2) is 75.2 Å². The van der Waals surface area contributed by atoms with Crippen LogP contribution in [0.2, 0.25) is 0 Å². The number of primary amides is 1. The first-order valence-corrected chi connectivity index (χ1v) is 8.31. The van der Waals surface area contributed by atoms with Crippen molar-refractivity contribution < 1.29 is 38.7 Å². The van der Waals surface area contributed by atoms with Gasteiger partial charge in [-0.15, -0.1) is 0 Å². The Labute approximate surface area is 187 Å². The molecule has 1 amide bonds. The van der Waals surface area contributed by atoms with Crippen molar-refractivity contribution in [3.05, 3.63) is 23.0 Å². The zero-order valence-electron chi connectivity index (χ0n) is 14.5. The van der Waals surface area contributed by atoms with Crippen LogP contribution in [0, 0.1) is 6.92 Å². The van der Waals surface area contributed by atoms with Crippen LogP contribution in [-0.2, 0) is 25.3 Å². The summed E-state index contributed by atoms with van der Waals surface area (Å²) in [6.07, 6.45) is 1.48. The topological polar surface area (TPSA) is 204 Å². The molecule has 11 nitrogen and oxygen atoms in total. The maximum absolute atomic E-state index is 12.1. The van der Waals surface area contributed by atoms with E-state index in [2.05, 4.69) is 14.5 Å². The molecule has 0 spiro atoms. The minimum absolute atomic E-state index is 0. The number of phosphoric acid groups is 1. The molecule has 1 heterocycles. The molecule has 0 saturated heterocycles. The number of pyridine rings is 1. The minimum atomic E-state index is -5.28. The third-order valence-electron chi connectivity index (χ3n) is 3.03. The van der Waals surface area contributed by atoms with E-state index in [1.807, 2.05) is 0 Å². The maximum Gasteiger partial charge on any atom is 2.00 e. The number of carbonyl (C=O) groups excluding carboxylic acids is 2. The molecular weight excluding hydrogens is 406 g/mol. The Hall–Kier alpha value is -0.798. The fraction of sp³-hybridized carbons (Fsp3) is 0.385. The Morgan fingerprint density at radius 2 is 2.00 bits per heavy atom. The van der Waals surface area contributed by atoms with Gasteiger partial charge < -0.3 is 39.6 Å². The summed E-state index contributed by atoms with van der Waals surface area (Å²) < 4.78 is 14.7. The van der Waals surface area contributed by atoms with Gasteiger partial charge in [0.25, 0.3) is 0 Å². The Balaban J connectivity index is 0. The third-order valence-corrected chi connectivity index (χ3v) is 3.48. The van der Waals surface area contributed by atoms with E-state index in [9.17, 15) is 34.2 Å². The zero-order valence-corrected chi connectivity index (χ0v) is 18.2. The molecule has 1 rings (SSSR count). The van der Waals surface area contributed by atoms with Gasteiger partial charge in [-0.1, -0.05) is 5.75 Å². The summed E-state index contributed by atoms with van der Waals surface area (Å²) in [6.45, 7) is 0.616. The van der Waals surface area contributed by atoms with E-state index in [4.69, 9.17) is 5.73 Å². The number of phosphoric ester groups is 1. The number of carboxylic acids is 1. The first-order valence-electron chi connectivity index (χ1n) is 6.85. The molecule has 1 aromatic heterocycles. The molecule has 0 unspecified atom stereocenters. The summed E-state index contributed by atoms with van der Waals surface area (Å²) in [4.78, 5) is 50.3. The Morgan fingerprint density at radius 1 is 1.41 bits per heavy atom. The second-order valence-electron chi connectivity index (χ2n) is 4.95. The van der Waals surface area contributed by atoms with Crippen molar-refractivity contribution in [3.63, 3.8) is 0 Å².